The first-order valence-corrected chi connectivity index (χ1v) is 7.27. The SMILES string of the molecule is CCOC(=O)C(C)(C(C)=O)/C(=C/I)c1ccccc1. The van der Waals surface area contributed by atoms with Crippen molar-refractivity contribution < 1.29 is 14.3 Å². The third-order valence-electron chi connectivity index (χ3n) is 3.12. The molecule has 19 heavy (non-hydrogen) atoms. The molecule has 1 unspecified atom stereocenters. The van der Waals surface area contributed by atoms with Crippen molar-refractivity contribution in [2.24, 2.45) is 5.41 Å². The molecule has 4 heteroatoms. The van der Waals surface area contributed by atoms with Gasteiger partial charge >= 0.3 is 5.97 Å². The normalized spacial score (nSPS) is 14.6. The van der Waals surface area contributed by atoms with Crippen LogP contribution in [0.3, 0.4) is 0 Å². The molecule has 3 nitrogen and oxygen atoms in total. The third-order valence-corrected chi connectivity index (χ3v) is 3.74. The fourth-order valence-electron chi connectivity index (χ4n) is 1.80. The van der Waals surface area contributed by atoms with Gasteiger partial charge < -0.3 is 4.74 Å². The number of rotatable bonds is 5. The van der Waals surface area contributed by atoms with Crippen molar-refractivity contribution in [2.45, 2.75) is 20.8 Å². The summed E-state index contributed by atoms with van der Waals surface area (Å²) in [6.45, 7) is 5.02. The number of ketones is 1. The van der Waals surface area contributed by atoms with E-state index < -0.39 is 11.4 Å². The number of halogens is 1. The fraction of sp³-hybridized carbons (Fsp3) is 0.333. The topological polar surface area (TPSA) is 43.4 Å². The van der Waals surface area contributed by atoms with Gasteiger partial charge in [0.1, 0.15) is 5.41 Å². The van der Waals surface area contributed by atoms with Crippen molar-refractivity contribution in [3.05, 3.63) is 40.0 Å². The van der Waals surface area contributed by atoms with Crippen molar-refractivity contribution in [1.29, 1.82) is 0 Å². The number of hydrogen-bond donors (Lipinski definition) is 0. The van der Waals surface area contributed by atoms with Crippen LogP contribution in [-0.4, -0.2) is 18.4 Å². The maximum atomic E-state index is 12.2. The fourth-order valence-corrected chi connectivity index (χ4v) is 2.78. The molecule has 0 radical (unpaired) electrons. The average Bonchev–Trinajstić information content (AvgIpc) is 2.40. The summed E-state index contributed by atoms with van der Waals surface area (Å²) in [5, 5.41) is 0. The smallest absolute Gasteiger partial charge is 0.323 e. The van der Waals surface area contributed by atoms with Gasteiger partial charge in [-0.15, -0.1) is 0 Å². The van der Waals surface area contributed by atoms with Gasteiger partial charge in [0, 0.05) is 0 Å². The molecular formula is C15H17IO3. The van der Waals surface area contributed by atoms with E-state index in [9.17, 15) is 9.59 Å². The lowest BCUT2D eigenvalue weighted by Crippen LogP contribution is -2.37. The number of hydrogen-bond acceptors (Lipinski definition) is 3. The Morgan fingerprint density at radius 2 is 1.89 bits per heavy atom. The average molecular weight is 372 g/mol. The van der Waals surface area contributed by atoms with Crippen molar-refractivity contribution in [2.75, 3.05) is 6.61 Å². The van der Waals surface area contributed by atoms with Crippen LogP contribution in [0.1, 0.15) is 26.3 Å². The highest BCUT2D eigenvalue weighted by molar-refractivity contribution is 14.1. The molecule has 0 amide bonds. The predicted molar refractivity (Wildman–Crippen MR) is 83.9 cm³/mol. The first-order chi connectivity index (χ1) is 8.98. The van der Waals surface area contributed by atoms with Crippen molar-refractivity contribution >= 4 is 39.9 Å². The Kier molecular flexibility index (Phi) is 5.72. The highest BCUT2D eigenvalue weighted by Crippen LogP contribution is 2.38. The Balaban J connectivity index is 3.32. The van der Waals surface area contributed by atoms with E-state index in [-0.39, 0.29) is 12.4 Å². The lowest BCUT2D eigenvalue weighted by atomic mass is 9.76. The number of esters is 1. The minimum Gasteiger partial charge on any atom is -0.465 e. The second-order valence-electron chi connectivity index (χ2n) is 4.29. The molecule has 0 aliphatic rings. The predicted octanol–water partition coefficient (Wildman–Crippen LogP) is 3.62. The Hall–Kier alpha value is -1.17. The molecule has 0 saturated carbocycles. The molecule has 0 spiro atoms. The molecule has 1 rings (SSSR count). The summed E-state index contributed by atoms with van der Waals surface area (Å²) in [5.74, 6) is -0.730. The summed E-state index contributed by atoms with van der Waals surface area (Å²) in [4.78, 5) is 24.2. The maximum absolute atomic E-state index is 12.2. The molecule has 1 aromatic carbocycles. The monoisotopic (exact) mass is 372 g/mol. The molecular weight excluding hydrogens is 355 g/mol. The number of Topliss-reactive ketones (excluding diaryl/α,β-unsaturated/α-hetero) is 1. The van der Waals surface area contributed by atoms with Gasteiger partial charge in [-0.2, -0.15) is 0 Å². The molecule has 0 aliphatic heterocycles. The van der Waals surface area contributed by atoms with Crippen molar-refractivity contribution in [1.82, 2.24) is 0 Å². The summed E-state index contributed by atoms with van der Waals surface area (Å²) < 4.78 is 6.84. The van der Waals surface area contributed by atoms with Gasteiger partial charge in [0.05, 0.1) is 6.61 Å². The first-order valence-electron chi connectivity index (χ1n) is 6.03. The molecule has 1 aromatic rings. The van der Waals surface area contributed by atoms with Crippen LogP contribution in [0.4, 0.5) is 0 Å². The molecule has 102 valence electrons. The Morgan fingerprint density at radius 1 is 1.32 bits per heavy atom. The second-order valence-corrected chi connectivity index (χ2v) is 4.91. The van der Waals surface area contributed by atoms with Crippen LogP contribution in [0.5, 0.6) is 0 Å². The van der Waals surface area contributed by atoms with Gasteiger partial charge in [-0.25, -0.2) is 0 Å². The van der Waals surface area contributed by atoms with E-state index in [0.717, 1.165) is 5.56 Å². The van der Waals surface area contributed by atoms with Gasteiger partial charge in [-0.3, -0.25) is 9.59 Å². The molecule has 0 fully saturated rings. The maximum Gasteiger partial charge on any atom is 0.323 e. The molecule has 0 saturated heterocycles. The van der Waals surface area contributed by atoms with Gasteiger partial charge in [0.2, 0.25) is 0 Å². The van der Waals surface area contributed by atoms with E-state index in [4.69, 9.17) is 4.74 Å². The molecule has 1 atom stereocenters. The van der Waals surface area contributed by atoms with Crippen LogP contribution in [0.25, 0.3) is 5.57 Å². The van der Waals surface area contributed by atoms with E-state index in [2.05, 4.69) is 22.6 Å². The minimum absolute atomic E-state index is 0.224. The van der Waals surface area contributed by atoms with E-state index in [1.165, 1.54) is 6.92 Å². The third kappa shape index (κ3) is 3.23. The van der Waals surface area contributed by atoms with E-state index >= 15 is 0 Å². The van der Waals surface area contributed by atoms with Gasteiger partial charge in [-0.1, -0.05) is 52.9 Å². The van der Waals surface area contributed by atoms with Gasteiger partial charge in [-0.05, 0) is 36.0 Å². The molecule has 0 aromatic heterocycles. The second kappa shape index (κ2) is 6.84. The zero-order valence-corrected chi connectivity index (χ0v) is 13.4. The van der Waals surface area contributed by atoms with Gasteiger partial charge in [0.15, 0.2) is 5.78 Å². The number of carbonyl (C=O) groups is 2. The Bertz CT molecular complexity index is 493. The van der Waals surface area contributed by atoms with Crippen LogP contribution >= 0.6 is 22.6 Å². The zero-order valence-electron chi connectivity index (χ0n) is 11.3. The van der Waals surface area contributed by atoms with E-state index in [0.29, 0.717) is 5.57 Å². The Labute approximate surface area is 127 Å². The van der Waals surface area contributed by atoms with E-state index in [1.807, 2.05) is 30.3 Å². The van der Waals surface area contributed by atoms with Crippen LogP contribution in [-0.2, 0) is 14.3 Å². The summed E-state index contributed by atoms with van der Waals surface area (Å²) in [5.41, 5.74) is 0.251. The van der Waals surface area contributed by atoms with Crippen molar-refractivity contribution in [3.63, 3.8) is 0 Å². The lowest BCUT2D eigenvalue weighted by molar-refractivity contribution is -0.154. The first kappa shape index (κ1) is 15.9. The number of benzene rings is 1. The molecule has 0 N–H and O–H groups in total. The quantitative estimate of drug-likeness (QED) is 0.451. The lowest BCUT2D eigenvalue weighted by Gasteiger charge is -2.27. The zero-order chi connectivity index (χ0) is 14.5. The van der Waals surface area contributed by atoms with Crippen molar-refractivity contribution in [3.8, 4) is 0 Å². The van der Waals surface area contributed by atoms with Crippen LogP contribution in [0.2, 0.25) is 0 Å². The van der Waals surface area contributed by atoms with E-state index in [1.54, 1.807) is 17.9 Å². The molecule has 0 heterocycles. The van der Waals surface area contributed by atoms with Crippen LogP contribution < -0.4 is 0 Å². The Morgan fingerprint density at radius 3 is 2.32 bits per heavy atom. The highest BCUT2D eigenvalue weighted by Gasteiger charge is 2.43. The van der Waals surface area contributed by atoms with Crippen LogP contribution in [0, 0.1) is 5.41 Å². The number of carbonyl (C=O) groups excluding carboxylic acids is 2. The van der Waals surface area contributed by atoms with Crippen LogP contribution in [0.15, 0.2) is 34.4 Å². The molecule has 0 aliphatic carbocycles. The summed E-state index contributed by atoms with van der Waals surface area (Å²) in [7, 11) is 0. The summed E-state index contributed by atoms with van der Waals surface area (Å²) in [6.07, 6.45) is 0. The highest BCUT2D eigenvalue weighted by atomic mass is 127. The number of ether oxygens (including phenoxy) is 1. The largest absolute Gasteiger partial charge is 0.465 e. The van der Waals surface area contributed by atoms with Gasteiger partial charge in [0.25, 0.3) is 0 Å². The molecule has 0 bridgehead atoms. The summed E-state index contributed by atoms with van der Waals surface area (Å²) in [6, 6.07) is 9.40. The standard InChI is InChI=1S/C15H17IO3/c1-4-19-14(18)15(3,11(2)17)13(10-16)12-8-6-5-7-9-12/h5-10H,4H2,1-3H3/b13-10+. The minimum atomic E-state index is -1.27. The summed E-state index contributed by atoms with van der Waals surface area (Å²) >= 11 is 2.05.